The van der Waals surface area contributed by atoms with Crippen LogP contribution in [0, 0.1) is 0 Å². The van der Waals surface area contributed by atoms with Crippen LogP contribution in [0.4, 0.5) is 0 Å². The van der Waals surface area contributed by atoms with Crippen molar-refractivity contribution >= 4 is 5.97 Å². The van der Waals surface area contributed by atoms with Crippen molar-refractivity contribution < 1.29 is 14.6 Å². The molecule has 0 heterocycles. The Morgan fingerprint density at radius 2 is 2.25 bits per heavy atom. The molecule has 0 fully saturated rings. The van der Waals surface area contributed by atoms with Crippen LogP contribution in [0.15, 0.2) is 24.3 Å². The number of hydrogen-bond acceptors (Lipinski definition) is 2. The van der Waals surface area contributed by atoms with Gasteiger partial charge in [-0.05, 0) is 30.0 Å². The number of aliphatic carboxylic acids is 1. The van der Waals surface area contributed by atoms with Gasteiger partial charge >= 0.3 is 5.97 Å². The quantitative estimate of drug-likeness (QED) is 0.804. The molecule has 3 nitrogen and oxygen atoms in total. The Kier molecular flexibility index (Phi) is 4.83. The van der Waals surface area contributed by atoms with Crippen molar-refractivity contribution in [2.75, 3.05) is 7.11 Å². The smallest absolute Gasteiger partial charge is 0.303 e. The van der Waals surface area contributed by atoms with Gasteiger partial charge in [-0.15, -0.1) is 0 Å². The molecule has 0 saturated carbocycles. The lowest BCUT2D eigenvalue weighted by molar-refractivity contribution is -0.137. The van der Waals surface area contributed by atoms with Crippen LogP contribution in [0.3, 0.4) is 0 Å². The van der Waals surface area contributed by atoms with E-state index in [0.717, 1.165) is 24.2 Å². The largest absolute Gasteiger partial charge is 0.497 e. The van der Waals surface area contributed by atoms with Gasteiger partial charge in [-0.3, -0.25) is 4.79 Å². The maximum Gasteiger partial charge on any atom is 0.303 e. The number of benzene rings is 1. The Labute approximate surface area is 96.1 Å². The van der Waals surface area contributed by atoms with Gasteiger partial charge in [0.1, 0.15) is 5.75 Å². The van der Waals surface area contributed by atoms with Crippen molar-refractivity contribution in [3.63, 3.8) is 0 Å². The van der Waals surface area contributed by atoms with E-state index in [-0.39, 0.29) is 12.3 Å². The summed E-state index contributed by atoms with van der Waals surface area (Å²) >= 11 is 0. The van der Waals surface area contributed by atoms with E-state index in [9.17, 15) is 4.79 Å². The molecule has 1 atom stereocenters. The summed E-state index contributed by atoms with van der Waals surface area (Å²) in [6, 6.07) is 7.65. The highest BCUT2D eigenvalue weighted by Crippen LogP contribution is 2.27. The topological polar surface area (TPSA) is 46.5 Å². The summed E-state index contributed by atoms with van der Waals surface area (Å²) in [6.45, 7) is 2.06. The number of hydrogen-bond donors (Lipinski definition) is 1. The van der Waals surface area contributed by atoms with Gasteiger partial charge in [-0.2, -0.15) is 0 Å². The third-order valence-corrected chi connectivity index (χ3v) is 2.62. The van der Waals surface area contributed by atoms with Crippen molar-refractivity contribution in [1.82, 2.24) is 0 Å². The SMILES string of the molecule is CCC[C@H](CC(=O)O)c1cccc(OC)c1. The molecule has 1 N–H and O–H groups in total. The average molecular weight is 222 g/mol. The highest BCUT2D eigenvalue weighted by molar-refractivity contribution is 5.68. The average Bonchev–Trinajstić information content (AvgIpc) is 2.28. The minimum atomic E-state index is -0.749. The Bertz CT molecular complexity index is 347. The van der Waals surface area contributed by atoms with Crippen LogP contribution in [-0.2, 0) is 4.79 Å². The summed E-state index contributed by atoms with van der Waals surface area (Å²) in [5.74, 6) is 0.114. The predicted octanol–water partition coefficient (Wildman–Crippen LogP) is 3.05. The lowest BCUT2D eigenvalue weighted by Crippen LogP contribution is -2.06. The molecule has 0 spiro atoms. The zero-order valence-corrected chi connectivity index (χ0v) is 9.77. The van der Waals surface area contributed by atoms with Gasteiger partial charge in [0.05, 0.1) is 13.5 Å². The number of rotatable bonds is 6. The van der Waals surface area contributed by atoms with Crippen LogP contribution in [0.2, 0.25) is 0 Å². The van der Waals surface area contributed by atoms with Crippen LogP contribution < -0.4 is 4.74 Å². The Balaban J connectivity index is 2.86. The fraction of sp³-hybridized carbons (Fsp3) is 0.462. The first kappa shape index (κ1) is 12.6. The second-order valence-electron chi connectivity index (χ2n) is 3.86. The van der Waals surface area contributed by atoms with Crippen LogP contribution in [0.5, 0.6) is 5.75 Å². The summed E-state index contributed by atoms with van der Waals surface area (Å²) < 4.78 is 5.14. The van der Waals surface area contributed by atoms with E-state index in [4.69, 9.17) is 9.84 Å². The third-order valence-electron chi connectivity index (χ3n) is 2.62. The summed E-state index contributed by atoms with van der Waals surface area (Å²) in [4.78, 5) is 10.8. The first-order chi connectivity index (χ1) is 7.67. The highest BCUT2D eigenvalue weighted by Gasteiger charge is 2.15. The Morgan fingerprint density at radius 3 is 2.81 bits per heavy atom. The van der Waals surface area contributed by atoms with E-state index in [1.165, 1.54) is 0 Å². The van der Waals surface area contributed by atoms with Crippen molar-refractivity contribution in [2.45, 2.75) is 32.1 Å². The lowest BCUT2D eigenvalue weighted by atomic mass is 9.91. The van der Waals surface area contributed by atoms with E-state index in [0.29, 0.717) is 0 Å². The number of carbonyl (C=O) groups is 1. The first-order valence-electron chi connectivity index (χ1n) is 5.53. The summed E-state index contributed by atoms with van der Waals surface area (Å²) in [6.07, 6.45) is 2.05. The van der Waals surface area contributed by atoms with Gasteiger partial charge in [0, 0.05) is 0 Å². The van der Waals surface area contributed by atoms with Gasteiger partial charge in [0.25, 0.3) is 0 Å². The molecule has 1 aromatic rings. The van der Waals surface area contributed by atoms with Crippen molar-refractivity contribution in [2.24, 2.45) is 0 Å². The molecule has 0 aromatic heterocycles. The number of ether oxygens (including phenoxy) is 1. The van der Waals surface area contributed by atoms with Gasteiger partial charge in [-0.1, -0.05) is 25.5 Å². The Morgan fingerprint density at radius 1 is 1.50 bits per heavy atom. The van der Waals surface area contributed by atoms with Crippen LogP contribution in [-0.4, -0.2) is 18.2 Å². The van der Waals surface area contributed by atoms with Crippen LogP contribution in [0.1, 0.15) is 37.7 Å². The minimum Gasteiger partial charge on any atom is -0.497 e. The number of methoxy groups -OCH3 is 1. The molecule has 3 heteroatoms. The number of carboxylic acid groups (broad SMARTS) is 1. The van der Waals surface area contributed by atoms with Crippen LogP contribution in [0.25, 0.3) is 0 Å². The molecule has 16 heavy (non-hydrogen) atoms. The second kappa shape index (κ2) is 6.16. The zero-order valence-electron chi connectivity index (χ0n) is 9.77. The fourth-order valence-electron chi connectivity index (χ4n) is 1.84. The molecule has 0 aliphatic carbocycles. The molecule has 0 aliphatic heterocycles. The van der Waals surface area contributed by atoms with E-state index in [1.54, 1.807) is 7.11 Å². The molecule has 0 saturated heterocycles. The van der Waals surface area contributed by atoms with Crippen molar-refractivity contribution in [3.05, 3.63) is 29.8 Å². The molecule has 1 aromatic carbocycles. The number of carboxylic acids is 1. The molecule has 0 bridgehead atoms. The lowest BCUT2D eigenvalue weighted by Gasteiger charge is -2.15. The summed E-state index contributed by atoms with van der Waals surface area (Å²) in [7, 11) is 1.62. The van der Waals surface area contributed by atoms with Gasteiger partial charge < -0.3 is 9.84 Å². The van der Waals surface area contributed by atoms with Gasteiger partial charge in [-0.25, -0.2) is 0 Å². The summed E-state index contributed by atoms with van der Waals surface area (Å²) in [5, 5.41) is 8.87. The van der Waals surface area contributed by atoms with Crippen LogP contribution >= 0.6 is 0 Å². The van der Waals surface area contributed by atoms with E-state index < -0.39 is 5.97 Å². The molecule has 88 valence electrons. The summed E-state index contributed by atoms with van der Waals surface area (Å²) in [5.41, 5.74) is 1.05. The fourth-order valence-corrected chi connectivity index (χ4v) is 1.84. The van der Waals surface area contributed by atoms with Crippen molar-refractivity contribution in [1.29, 1.82) is 0 Å². The highest BCUT2D eigenvalue weighted by atomic mass is 16.5. The minimum absolute atomic E-state index is 0.0811. The zero-order chi connectivity index (χ0) is 12.0. The van der Waals surface area contributed by atoms with Gasteiger partial charge in [0.2, 0.25) is 0 Å². The second-order valence-corrected chi connectivity index (χ2v) is 3.86. The molecular formula is C13H18O3. The van der Waals surface area contributed by atoms with Crippen molar-refractivity contribution in [3.8, 4) is 5.75 Å². The van der Waals surface area contributed by atoms with E-state index in [2.05, 4.69) is 6.92 Å². The predicted molar refractivity (Wildman–Crippen MR) is 62.9 cm³/mol. The molecule has 1 rings (SSSR count). The maximum absolute atomic E-state index is 10.8. The maximum atomic E-state index is 10.8. The standard InChI is InChI=1S/C13H18O3/c1-3-5-10(9-13(14)15)11-6-4-7-12(8-11)16-2/h4,6-8,10H,3,5,9H2,1-2H3,(H,14,15)/t10-/m1/s1. The van der Waals surface area contributed by atoms with E-state index >= 15 is 0 Å². The molecule has 0 unspecified atom stereocenters. The Hall–Kier alpha value is -1.51. The third kappa shape index (κ3) is 3.57. The monoisotopic (exact) mass is 222 g/mol. The molecule has 0 radical (unpaired) electrons. The van der Waals surface area contributed by atoms with E-state index in [1.807, 2.05) is 24.3 Å². The normalized spacial score (nSPS) is 12.1. The molecule has 0 amide bonds. The molecule has 0 aliphatic rings. The van der Waals surface area contributed by atoms with Gasteiger partial charge in [0.15, 0.2) is 0 Å². The molecular weight excluding hydrogens is 204 g/mol. The first-order valence-corrected chi connectivity index (χ1v) is 5.53.